The van der Waals surface area contributed by atoms with Crippen molar-refractivity contribution in [3.63, 3.8) is 0 Å². The van der Waals surface area contributed by atoms with Crippen LogP contribution >= 0.6 is 35.3 Å². The van der Waals surface area contributed by atoms with E-state index >= 15 is 0 Å². The van der Waals surface area contributed by atoms with Gasteiger partial charge in [-0.05, 0) is 128 Å². The Hall–Kier alpha value is -3.50. The molecule has 3 aliphatic rings. The van der Waals surface area contributed by atoms with Crippen LogP contribution in [0.1, 0.15) is 55.5 Å². The van der Waals surface area contributed by atoms with Gasteiger partial charge >= 0.3 is 5.51 Å². The maximum Gasteiger partial charge on any atom is 0.475 e. The average molecular weight is 940 g/mol. The van der Waals surface area contributed by atoms with Crippen molar-refractivity contribution in [2.24, 2.45) is 5.41 Å². The molecule has 4 aromatic carbocycles. The first-order valence-electron chi connectivity index (χ1n) is 21.7. The fraction of sp³-hybridized carbons (Fsp3) is 0.438. The smallest absolute Gasteiger partial charge is 0.380 e. The fourth-order valence-corrected chi connectivity index (χ4v) is 11.1. The van der Waals surface area contributed by atoms with Gasteiger partial charge in [0.25, 0.3) is 5.91 Å². The molecule has 1 aliphatic carbocycles. The molecule has 0 bridgehead atoms. The Bertz CT molecular complexity index is 2200. The number of alkyl halides is 3. The molecule has 2 N–H and O–H groups in total. The normalized spacial score (nSPS) is 18.9. The highest BCUT2D eigenvalue weighted by atomic mass is 35.5. The van der Waals surface area contributed by atoms with E-state index in [1.807, 2.05) is 54.6 Å². The molecule has 1 amide bonds. The molecule has 4 aromatic rings. The summed E-state index contributed by atoms with van der Waals surface area (Å²) in [6, 6.07) is 29.9. The molecule has 0 aromatic heterocycles. The number of likely N-dealkylation sites (N-methyl/N-ethyl adjacent to an activating group) is 1. The number of rotatable bonds is 16. The number of halogens is 4. The van der Waals surface area contributed by atoms with Gasteiger partial charge in [-0.15, -0.1) is 11.8 Å². The summed E-state index contributed by atoms with van der Waals surface area (Å²) in [4.78, 5) is 23.9. The number of hydrogen-bond donors (Lipinski definition) is 2. The van der Waals surface area contributed by atoms with E-state index in [1.54, 1.807) is 36.0 Å². The Balaban J connectivity index is 0.957. The Morgan fingerprint density at radius 2 is 1.54 bits per heavy atom. The van der Waals surface area contributed by atoms with Crippen molar-refractivity contribution in [1.82, 2.24) is 19.4 Å². The minimum absolute atomic E-state index is 0.174. The summed E-state index contributed by atoms with van der Waals surface area (Å²) in [6.07, 6.45) is 4.02. The van der Waals surface area contributed by atoms with Crippen molar-refractivity contribution in [3.05, 3.63) is 119 Å². The second-order valence-corrected chi connectivity index (χ2v) is 21.4. The van der Waals surface area contributed by atoms with E-state index in [9.17, 15) is 22.2 Å². The summed E-state index contributed by atoms with van der Waals surface area (Å²) >= 11 is 8.75. The molecule has 15 heteroatoms. The second kappa shape index (κ2) is 21.7. The van der Waals surface area contributed by atoms with Crippen molar-refractivity contribution in [2.45, 2.75) is 65.8 Å². The quantitative estimate of drug-likeness (QED) is 0.0844. The Labute approximate surface area is 387 Å². The lowest BCUT2D eigenvalue weighted by atomic mass is 9.73. The molecule has 2 fully saturated rings. The molecule has 2 saturated heterocycles. The number of benzene rings is 4. The van der Waals surface area contributed by atoms with Gasteiger partial charge in [-0.3, -0.25) is 14.4 Å². The van der Waals surface area contributed by atoms with Gasteiger partial charge in [0.05, 0.1) is 10.6 Å². The SMILES string of the molecule is CN1CCN(CCC(CSc2ccccc2)Nc2ccc(SNC(=O)c3ccc(N4CCN(CC5=C(c6ccc(Cl)cc6)CCC(C)(C)C5)CC4)cc3)cc2S(=O)C(F)(F)F)CC1. The maximum atomic E-state index is 14.1. The highest BCUT2D eigenvalue weighted by Gasteiger charge is 2.40. The van der Waals surface area contributed by atoms with Gasteiger partial charge < -0.3 is 20.0 Å². The highest BCUT2D eigenvalue weighted by molar-refractivity contribution is 7.99. The number of carbonyl (C=O) groups excluding carboxylic acids is 1. The molecule has 63 heavy (non-hydrogen) atoms. The largest absolute Gasteiger partial charge is 0.475 e. The molecule has 2 unspecified atom stereocenters. The van der Waals surface area contributed by atoms with E-state index in [2.05, 4.69) is 62.7 Å². The van der Waals surface area contributed by atoms with Gasteiger partial charge in [0, 0.05) is 103 Å². The van der Waals surface area contributed by atoms with E-state index in [0.29, 0.717) is 22.6 Å². The van der Waals surface area contributed by atoms with Crippen LogP contribution < -0.4 is 14.9 Å². The zero-order valence-electron chi connectivity index (χ0n) is 36.3. The van der Waals surface area contributed by atoms with Crippen LogP contribution in [-0.4, -0.2) is 115 Å². The molecule has 0 spiro atoms. The predicted octanol–water partition coefficient (Wildman–Crippen LogP) is 10.4. The lowest BCUT2D eigenvalue weighted by molar-refractivity contribution is -0.0384. The Kier molecular flexibility index (Phi) is 16.3. The lowest BCUT2D eigenvalue weighted by Crippen LogP contribution is -2.47. The van der Waals surface area contributed by atoms with Crippen LogP contribution in [0, 0.1) is 5.41 Å². The van der Waals surface area contributed by atoms with Crippen molar-refractivity contribution < 1.29 is 22.2 Å². The van der Waals surface area contributed by atoms with Crippen LogP contribution in [-0.2, 0) is 10.8 Å². The first-order valence-corrected chi connectivity index (χ1v) is 25.0. The molecule has 7 rings (SSSR count). The minimum Gasteiger partial charge on any atom is -0.380 e. The fourth-order valence-electron chi connectivity index (χ4n) is 8.49. The van der Waals surface area contributed by atoms with E-state index in [-0.39, 0.29) is 27.9 Å². The molecule has 0 saturated carbocycles. The summed E-state index contributed by atoms with van der Waals surface area (Å²) in [5.41, 5.74) is 1.19. The number of carbonyl (C=O) groups is 1. The topological polar surface area (TPSA) is 71.2 Å². The summed E-state index contributed by atoms with van der Waals surface area (Å²) in [6.45, 7) is 13.8. The highest BCUT2D eigenvalue weighted by Crippen LogP contribution is 2.43. The van der Waals surface area contributed by atoms with Gasteiger partial charge in [-0.2, -0.15) is 13.2 Å². The van der Waals surface area contributed by atoms with Crippen LogP contribution in [0.25, 0.3) is 5.57 Å². The van der Waals surface area contributed by atoms with Gasteiger partial charge in [-0.25, -0.2) is 4.21 Å². The van der Waals surface area contributed by atoms with Crippen molar-refractivity contribution in [2.75, 3.05) is 88.5 Å². The number of anilines is 2. The number of allylic oxidation sites excluding steroid dienone is 1. The monoisotopic (exact) mass is 938 g/mol. The number of nitrogens with zero attached hydrogens (tertiary/aromatic N) is 4. The predicted molar refractivity (Wildman–Crippen MR) is 256 cm³/mol. The zero-order valence-corrected chi connectivity index (χ0v) is 39.5. The third-order valence-corrected chi connectivity index (χ3v) is 15.6. The number of nitrogens with one attached hydrogen (secondary N) is 2. The van der Waals surface area contributed by atoms with Crippen molar-refractivity contribution in [1.29, 1.82) is 0 Å². The second-order valence-electron chi connectivity index (χ2n) is 17.5. The summed E-state index contributed by atoms with van der Waals surface area (Å²) < 4.78 is 58.0. The van der Waals surface area contributed by atoms with E-state index in [1.165, 1.54) is 29.2 Å². The molecule has 2 atom stereocenters. The minimum atomic E-state index is -4.96. The Morgan fingerprint density at radius 3 is 2.22 bits per heavy atom. The third kappa shape index (κ3) is 13.5. The summed E-state index contributed by atoms with van der Waals surface area (Å²) in [5, 5.41) is 4.09. The number of hydrogen-bond acceptors (Lipinski definition) is 9. The molecule has 0 radical (unpaired) electrons. The van der Waals surface area contributed by atoms with E-state index < -0.39 is 16.3 Å². The van der Waals surface area contributed by atoms with E-state index in [0.717, 1.165) is 106 Å². The molecule has 338 valence electrons. The van der Waals surface area contributed by atoms with Crippen molar-refractivity contribution in [3.8, 4) is 0 Å². The maximum absolute atomic E-state index is 14.1. The van der Waals surface area contributed by atoms with Crippen molar-refractivity contribution >= 4 is 69.0 Å². The Morgan fingerprint density at radius 1 is 0.857 bits per heavy atom. The first kappa shape index (κ1) is 47.5. The number of piperazine rings is 2. The first-order chi connectivity index (χ1) is 30.2. The molecule has 2 aliphatic heterocycles. The summed E-state index contributed by atoms with van der Waals surface area (Å²) in [5.74, 6) is 0.236. The zero-order chi connectivity index (χ0) is 44.6. The van der Waals surface area contributed by atoms with Gasteiger partial charge in [0.2, 0.25) is 0 Å². The van der Waals surface area contributed by atoms with Crippen LogP contribution in [0.5, 0.6) is 0 Å². The molecule has 8 nitrogen and oxygen atoms in total. The van der Waals surface area contributed by atoms with Crippen LogP contribution in [0.15, 0.2) is 117 Å². The summed E-state index contributed by atoms with van der Waals surface area (Å²) in [7, 11) is -1.19. The third-order valence-electron chi connectivity index (χ3n) is 12.2. The van der Waals surface area contributed by atoms with Gasteiger partial charge in [-0.1, -0.05) is 61.4 Å². The van der Waals surface area contributed by atoms with Crippen LogP contribution in [0.4, 0.5) is 24.5 Å². The molecular formula is C48H58ClF3N6O2S3. The van der Waals surface area contributed by atoms with Crippen LogP contribution in [0.2, 0.25) is 5.02 Å². The molecular weight excluding hydrogens is 881 g/mol. The lowest BCUT2D eigenvalue weighted by Gasteiger charge is -2.39. The van der Waals surface area contributed by atoms with E-state index in [4.69, 9.17) is 11.6 Å². The number of amides is 1. The number of thioether (sulfide) groups is 1. The standard InChI is InChI=1S/C48H58ClF3N6O2S3/c1-47(2)21-19-43(35-9-13-38(49)14-10-35)37(32-47)33-57-27-29-58(30-28-57)40-15-11-36(12-16-40)46(59)54-62-42-17-18-44(45(31-42)63(60)48(50,51)52)53-39(34-61-41-7-5-4-6-8-41)20-22-56-25-23-55(3)24-26-56/h4-18,31,39,53H,19-30,32-34H2,1-3H3,(H,54,59). The van der Waals surface area contributed by atoms with Gasteiger partial charge in [0.1, 0.15) is 0 Å². The van der Waals surface area contributed by atoms with Crippen LogP contribution in [0.3, 0.4) is 0 Å². The average Bonchev–Trinajstić information content (AvgIpc) is 3.27. The molecule has 2 heterocycles. The van der Waals surface area contributed by atoms with Gasteiger partial charge in [0.15, 0.2) is 10.8 Å².